The van der Waals surface area contributed by atoms with E-state index in [1.54, 1.807) is 24.3 Å². The molecular formula is C14H11BrCl2FN. The number of rotatable bonds is 3. The highest BCUT2D eigenvalue weighted by molar-refractivity contribution is 9.10. The minimum Gasteiger partial charge on any atom is -0.324 e. The molecule has 0 aliphatic carbocycles. The van der Waals surface area contributed by atoms with Crippen LogP contribution in [0.15, 0.2) is 40.9 Å². The summed E-state index contributed by atoms with van der Waals surface area (Å²) in [5.74, 6) is -0.325. The van der Waals surface area contributed by atoms with E-state index in [9.17, 15) is 4.39 Å². The summed E-state index contributed by atoms with van der Waals surface area (Å²) in [7, 11) is 0. The summed E-state index contributed by atoms with van der Waals surface area (Å²) in [6.45, 7) is 0. The van der Waals surface area contributed by atoms with E-state index in [0.717, 1.165) is 10.0 Å². The van der Waals surface area contributed by atoms with Gasteiger partial charge in [0.05, 0.1) is 10.0 Å². The molecule has 0 bridgehead atoms. The summed E-state index contributed by atoms with van der Waals surface area (Å²) in [6.07, 6.45) is 0.423. The maximum atomic E-state index is 13.7. The summed E-state index contributed by atoms with van der Waals surface area (Å²) in [5.41, 5.74) is 7.31. The number of hydrogen-bond acceptors (Lipinski definition) is 1. The summed E-state index contributed by atoms with van der Waals surface area (Å²) < 4.78 is 14.5. The highest BCUT2D eigenvalue weighted by atomic mass is 79.9. The van der Waals surface area contributed by atoms with Crippen molar-refractivity contribution in [3.63, 3.8) is 0 Å². The van der Waals surface area contributed by atoms with Gasteiger partial charge in [-0.1, -0.05) is 51.3 Å². The van der Waals surface area contributed by atoms with E-state index >= 15 is 0 Å². The first-order valence-electron chi connectivity index (χ1n) is 5.62. The fraction of sp³-hybridized carbons (Fsp3) is 0.143. The molecule has 2 rings (SSSR count). The third-order valence-corrected chi connectivity index (χ3v) is 4.18. The van der Waals surface area contributed by atoms with Crippen LogP contribution in [0.1, 0.15) is 17.2 Å². The van der Waals surface area contributed by atoms with Crippen LogP contribution in [-0.4, -0.2) is 0 Å². The van der Waals surface area contributed by atoms with E-state index in [2.05, 4.69) is 15.9 Å². The van der Waals surface area contributed by atoms with E-state index in [0.29, 0.717) is 22.0 Å². The second-order valence-electron chi connectivity index (χ2n) is 4.19. The third kappa shape index (κ3) is 3.48. The summed E-state index contributed by atoms with van der Waals surface area (Å²) >= 11 is 15.4. The van der Waals surface area contributed by atoms with Crippen LogP contribution in [0.4, 0.5) is 4.39 Å². The molecule has 0 radical (unpaired) electrons. The highest BCUT2D eigenvalue weighted by Gasteiger charge is 2.15. The molecule has 5 heteroatoms. The van der Waals surface area contributed by atoms with Crippen LogP contribution in [0.25, 0.3) is 0 Å². The van der Waals surface area contributed by atoms with Crippen LogP contribution in [0.2, 0.25) is 10.0 Å². The van der Waals surface area contributed by atoms with Gasteiger partial charge in [-0.25, -0.2) is 4.39 Å². The Kier molecular flexibility index (Phi) is 4.85. The fourth-order valence-electron chi connectivity index (χ4n) is 1.85. The third-order valence-electron chi connectivity index (χ3n) is 2.83. The molecule has 0 aromatic heterocycles. The van der Waals surface area contributed by atoms with Crippen LogP contribution < -0.4 is 5.73 Å². The Hall–Kier alpha value is -0.610. The van der Waals surface area contributed by atoms with Gasteiger partial charge in [0.2, 0.25) is 0 Å². The minimum atomic E-state index is -0.478. The SMILES string of the molecule is NC(Cc1cccc(Cl)c1Cl)c1cc(Br)ccc1F. The Labute approximate surface area is 129 Å². The van der Waals surface area contributed by atoms with Gasteiger partial charge in [-0.05, 0) is 36.2 Å². The molecule has 1 atom stereocenters. The van der Waals surface area contributed by atoms with Crippen LogP contribution >= 0.6 is 39.1 Å². The molecule has 1 unspecified atom stereocenters. The molecule has 2 aromatic carbocycles. The standard InChI is InChI=1S/C14H11BrCl2FN/c15-9-4-5-12(18)10(7-9)13(19)6-8-2-1-3-11(16)14(8)17/h1-5,7,13H,6,19H2. The number of hydrogen-bond donors (Lipinski definition) is 1. The van der Waals surface area contributed by atoms with Crippen molar-refractivity contribution in [2.75, 3.05) is 0 Å². The van der Waals surface area contributed by atoms with Crippen molar-refractivity contribution in [2.45, 2.75) is 12.5 Å². The van der Waals surface area contributed by atoms with Gasteiger partial charge < -0.3 is 5.73 Å². The predicted molar refractivity (Wildman–Crippen MR) is 81.2 cm³/mol. The van der Waals surface area contributed by atoms with Crippen LogP contribution in [0.3, 0.4) is 0 Å². The topological polar surface area (TPSA) is 26.0 Å². The first-order valence-corrected chi connectivity index (χ1v) is 7.17. The van der Waals surface area contributed by atoms with Gasteiger partial charge in [-0.2, -0.15) is 0 Å². The molecule has 0 aliphatic rings. The average molecular weight is 363 g/mol. The Morgan fingerprint density at radius 1 is 1.21 bits per heavy atom. The molecule has 0 saturated heterocycles. The normalized spacial score (nSPS) is 12.5. The van der Waals surface area contributed by atoms with Crippen molar-refractivity contribution in [3.8, 4) is 0 Å². The maximum Gasteiger partial charge on any atom is 0.128 e. The van der Waals surface area contributed by atoms with Gasteiger partial charge >= 0.3 is 0 Å². The van der Waals surface area contributed by atoms with E-state index in [1.807, 2.05) is 6.07 Å². The number of nitrogens with two attached hydrogens (primary N) is 1. The zero-order chi connectivity index (χ0) is 14.0. The lowest BCUT2D eigenvalue weighted by atomic mass is 9.99. The molecule has 0 spiro atoms. The zero-order valence-corrected chi connectivity index (χ0v) is 12.9. The summed E-state index contributed by atoms with van der Waals surface area (Å²) in [4.78, 5) is 0. The molecule has 0 aliphatic heterocycles. The first kappa shape index (κ1) is 14.8. The van der Waals surface area contributed by atoms with Gasteiger partial charge in [-0.3, -0.25) is 0 Å². The molecule has 19 heavy (non-hydrogen) atoms. The lowest BCUT2D eigenvalue weighted by Gasteiger charge is -2.15. The van der Waals surface area contributed by atoms with Crippen molar-refractivity contribution in [2.24, 2.45) is 5.73 Å². The molecule has 0 amide bonds. The quantitative estimate of drug-likeness (QED) is 0.803. The van der Waals surface area contributed by atoms with Gasteiger partial charge in [0.15, 0.2) is 0 Å². The van der Waals surface area contributed by atoms with Crippen molar-refractivity contribution >= 4 is 39.1 Å². The zero-order valence-electron chi connectivity index (χ0n) is 9.84. The predicted octanol–water partition coefficient (Wildman–Crippen LogP) is 5.14. The Morgan fingerprint density at radius 2 is 1.95 bits per heavy atom. The number of halogens is 4. The second-order valence-corrected chi connectivity index (χ2v) is 5.89. The van der Waals surface area contributed by atoms with Gasteiger partial charge in [0.25, 0.3) is 0 Å². The van der Waals surface area contributed by atoms with Gasteiger partial charge in [0.1, 0.15) is 5.82 Å². The Balaban J connectivity index is 2.28. The molecule has 0 fully saturated rings. The van der Waals surface area contributed by atoms with E-state index in [1.165, 1.54) is 6.07 Å². The molecule has 2 aromatic rings. The monoisotopic (exact) mass is 361 g/mol. The summed E-state index contributed by atoms with van der Waals surface area (Å²) in [6, 6.07) is 9.57. The maximum absolute atomic E-state index is 13.7. The molecular weight excluding hydrogens is 352 g/mol. The van der Waals surface area contributed by atoms with E-state index in [4.69, 9.17) is 28.9 Å². The molecule has 0 saturated carbocycles. The smallest absolute Gasteiger partial charge is 0.128 e. The van der Waals surface area contributed by atoms with Crippen molar-refractivity contribution in [3.05, 3.63) is 67.9 Å². The van der Waals surface area contributed by atoms with E-state index in [-0.39, 0.29) is 5.82 Å². The highest BCUT2D eigenvalue weighted by Crippen LogP contribution is 2.29. The van der Waals surface area contributed by atoms with Crippen molar-refractivity contribution < 1.29 is 4.39 Å². The van der Waals surface area contributed by atoms with Crippen molar-refractivity contribution in [1.82, 2.24) is 0 Å². The van der Waals surface area contributed by atoms with Crippen molar-refractivity contribution in [1.29, 1.82) is 0 Å². The van der Waals surface area contributed by atoms with Gasteiger partial charge in [0, 0.05) is 16.1 Å². The van der Waals surface area contributed by atoms with Crippen LogP contribution in [-0.2, 0) is 6.42 Å². The fourth-order valence-corrected chi connectivity index (χ4v) is 2.63. The Bertz CT molecular complexity index is 604. The molecule has 1 nitrogen and oxygen atoms in total. The lowest BCUT2D eigenvalue weighted by Crippen LogP contribution is -2.15. The molecule has 100 valence electrons. The van der Waals surface area contributed by atoms with Crippen LogP contribution in [0.5, 0.6) is 0 Å². The van der Waals surface area contributed by atoms with Crippen LogP contribution in [0, 0.1) is 5.82 Å². The first-order chi connectivity index (χ1) is 8.99. The average Bonchev–Trinajstić information content (AvgIpc) is 2.38. The summed E-state index contributed by atoms with van der Waals surface area (Å²) in [5, 5.41) is 0.941. The lowest BCUT2D eigenvalue weighted by molar-refractivity contribution is 0.580. The molecule has 2 N–H and O–H groups in total. The van der Waals surface area contributed by atoms with Gasteiger partial charge in [-0.15, -0.1) is 0 Å². The number of benzene rings is 2. The molecule has 0 heterocycles. The largest absolute Gasteiger partial charge is 0.324 e. The minimum absolute atomic E-state index is 0.325. The van der Waals surface area contributed by atoms with E-state index < -0.39 is 6.04 Å². The second kappa shape index (κ2) is 6.23. The Morgan fingerprint density at radius 3 is 2.68 bits per heavy atom.